The Labute approximate surface area is 119 Å². The van der Waals surface area contributed by atoms with Gasteiger partial charge in [-0.15, -0.1) is 11.6 Å². The zero-order valence-corrected chi connectivity index (χ0v) is 11.1. The normalized spacial score (nSPS) is 10.8. The molecule has 0 radical (unpaired) electrons. The van der Waals surface area contributed by atoms with E-state index in [2.05, 4.69) is 4.98 Å². The summed E-state index contributed by atoms with van der Waals surface area (Å²) >= 11 is 6.01. The quantitative estimate of drug-likeness (QED) is 0.420. The van der Waals surface area contributed by atoms with Gasteiger partial charge in [0, 0.05) is 23.9 Å². The summed E-state index contributed by atoms with van der Waals surface area (Å²) in [5.41, 5.74) is 3.30. The molecule has 5 nitrogen and oxygen atoms in total. The van der Waals surface area contributed by atoms with Crippen molar-refractivity contribution in [2.24, 2.45) is 0 Å². The van der Waals surface area contributed by atoms with Gasteiger partial charge in [0.15, 0.2) is 0 Å². The van der Waals surface area contributed by atoms with E-state index < -0.39 is 4.92 Å². The highest BCUT2D eigenvalue weighted by atomic mass is 35.5. The lowest BCUT2D eigenvalue weighted by Crippen LogP contribution is -1.91. The summed E-state index contributed by atoms with van der Waals surface area (Å²) in [6, 6.07) is 12.0. The zero-order chi connectivity index (χ0) is 14.1. The number of non-ortho nitro benzene ring substituents is 1. The van der Waals surface area contributed by atoms with E-state index in [0.29, 0.717) is 5.88 Å². The number of pyridine rings is 1. The minimum Gasteiger partial charge on any atom is -0.302 e. The summed E-state index contributed by atoms with van der Waals surface area (Å²) in [4.78, 5) is 14.8. The molecule has 0 spiro atoms. The summed E-state index contributed by atoms with van der Waals surface area (Å²) < 4.78 is 1.92. The lowest BCUT2D eigenvalue weighted by Gasteiger charge is -2.01. The standard InChI is InChI=1S/C14H10ClN3O2/c15-9-12-14(16-13-3-1-2-8-17(12)13)10-4-6-11(7-5-10)18(19)20/h1-8H,9H2. The number of nitro benzene ring substituents is 1. The van der Waals surface area contributed by atoms with Gasteiger partial charge in [-0.05, 0) is 24.3 Å². The van der Waals surface area contributed by atoms with Crippen LogP contribution in [-0.2, 0) is 5.88 Å². The molecule has 0 unspecified atom stereocenters. The molecule has 0 amide bonds. The average molecular weight is 288 g/mol. The summed E-state index contributed by atoms with van der Waals surface area (Å²) in [6.07, 6.45) is 1.90. The topological polar surface area (TPSA) is 60.4 Å². The first-order valence-corrected chi connectivity index (χ1v) is 6.51. The van der Waals surface area contributed by atoms with E-state index in [1.807, 2.05) is 28.8 Å². The molecule has 0 aliphatic heterocycles. The van der Waals surface area contributed by atoms with Crippen molar-refractivity contribution in [1.82, 2.24) is 9.38 Å². The number of aromatic nitrogens is 2. The maximum absolute atomic E-state index is 10.7. The smallest absolute Gasteiger partial charge is 0.269 e. The van der Waals surface area contributed by atoms with Crippen LogP contribution in [0.3, 0.4) is 0 Å². The molecule has 0 atom stereocenters. The Bertz CT molecular complexity index is 781. The molecule has 0 aliphatic carbocycles. The van der Waals surface area contributed by atoms with Gasteiger partial charge in [0.1, 0.15) is 5.65 Å². The third-order valence-electron chi connectivity index (χ3n) is 3.11. The third kappa shape index (κ3) is 2.02. The van der Waals surface area contributed by atoms with Gasteiger partial charge in [-0.1, -0.05) is 6.07 Å². The molecule has 2 heterocycles. The largest absolute Gasteiger partial charge is 0.302 e. The van der Waals surface area contributed by atoms with Crippen molar-refractivity contribution >= 4 is 22.9 Å². The van der Waals surface area contributed by atoms with Crippen molar-refractivity contribution in [3.63, 3.8) is 0 Å². The molecule has 100 valence electrons. The Hall–Kier alpha value is -2.40. The SMILES string of the molecule is O=[N+]([O-])c1ccc(-c2nc3ccccn3c2CCl)cc1. The van der Waals surface area contributed by atoms with Crippen LogP contribution in [0.1, 0.15) is 5.69 Å². The van der Waals surface area contributed by atoms with Crippen LogP contribution in [0.2, 0.25) is 0 Å². The highest BCUT2D eigenvalue weighted by molar-refractivity contribution is 6.17. The minimum absolute atomic E-state index is 0.0601. The molecular weight excluding hydrogens is 278 g/mol. The van der Waals surface area contributed by atoms with Gasteiger partial charge in [-0.3, -0.25) is 10.1 Å². The van der Waals surface area contributed by atoms with Crippen LogP contribution in [0.25, 0.3) is 16.9 Å². The van der Waals surface area contributed by atoms with Gasteiger partial charge in [0.05, 0.1) is 22.2 Å². The first kappa shape index (κ1) is 12.6. The number of alkyl halides is 1. The fourth-order valence-electron chi connectivity index (χ4n) is 2.15. The van der Waals surface area contributed by atoms with E-state index >= 15 is 0 Å². The van der Waals surface area contributed by atoms with Crippen molar-refractivity contribution in [1.29, 1.82) is 0 Å². The maximum Gasteiger partial charge on any atom is 0.269 e. The molecule has 3 aromatic rings. The number of nitrogens with zero attached hydrogens (tertiary/aromatic N) is 3. The molecule has 0 saturated heterocycles. The number of fused-ring (bicyclic) bond motifs is 1. The molecule has 0 N–H and O–H groups in total. The number of rotatable bonds is 3. The van der Waals surface area contributed by atoms with Gasteiger partial charge >= 0.3 is 0 Å². The summed E-state index contributed by atoms with van der Waals surface area (Å²) in [5, 5.41) is 10.7. The second-order valence-corrected chi connectivity index (χ2v) is 4.54. The summed E-state index contributed by atoms with van der Waals surface area (Å²) in [5.74, 6) is 0.317. The summed E-state index contributed by atoms with van der Waals surface area (Å²) in [6.45, 7) is 0. The van der Waals surface area contributed by atoms with Crippen molar-refractivity contribution < 1.29 is 4.92 Å². The highest BCUT2D eigenvalue weighted by Gasteiger charge is 2.14. The van der Waals surface area contributed by atoms with Crippen LogP contribution in [0.5, 0.6) is 0 Å². The lowest BCUT2D eigenvalue weighted by atomic mass is 10.1. The van der Waals surface area contributed by atoms with E-state index in [1.54, 1.807) is 12.1 Å². The average Bonchev–Trinajstić information content (AvgIpc) is 2.85. The second kappa shape index (κ2) is 4.94. The van der Waals surface area contributed by atoms with Gasteiger partial charge in [-0.25, -0.2) is 4.98 Å². The Morgan fingerprint density at radius 1 is 1.20 bits per heavy atom. The molecule has 0 fully saturated rings. The minimum atomic E-state index is -0.421. The molecule has 0 bridgehead atoms. The number of imidazole rings is 1. The van der Waals surface area contributed by atoms with Gasteiger partial charge in [0.2, 0.25) is 0 Å². The second-order valence-electron chi connectivity index (χ2n) is 4.27. The third-order valence-corrected chi connectivity index (χ3v) is 3.36. The number of hydrogen-bond donors (Lipinski definition) is 0. The molecular formula is C14H10ClN3O2. The Morgan fingerprint density at radius 2 is 1.95 bits per heavy atom. The molecule has 0 saturated carbocycles. The van der Waals surface area contributed by atoms with Crippen molar-refractivity contribution in [3.05, 3.63) is 64.5 Å². The lowest BCUT2D eigenvalue weighted by molar-refractivity contribution is -0.384. The molecule has 3 rings (SSSR count). The van der Waals surface area contributed by atoms with Crippen molar-refractivity contribution in [2.45, 2.75) is 5.88 Å². The van der Waals surface area contributed by atoms with E-state index in [0.717, 1.165) is 22.6 Å². The maximum atomic E-state index is 10.7. The monoisotopic (exact) mass is 287 g/mol. The highest BCUT2D eigenvalue weighted by Crippen LogP contribution is 2.27. The van der Waals surface area contributed by atoms with Crippen molar-refractivity contribution in [2.75, 3.05) is 0 Å². The van der Waals surface area contributed by atoms with Gasteiger partial charge in [-0.2, -0.15) is 0 Å². The van der Waals surface area contributed by atoms with Crippen LogP contribution < -0.4 is 0 Å². The number of benzene rings is 1. The van der Waals surface area contributed by atoms with Crippen LogP contribution in [-0.4, -0.2) is 14.3 Å². The van der Waals surface area contributed by atoms with Gasteiger partial charge in [0.25, 0.3) is 5.69 Å². The Morgan fingerprint density at radius 3 is 2.60 bits per heavy atom. The van der Waals surface area contributed by atoms with Crippen LogP contribution in [0.15, 0.2) is 48.7 Å². The number of halogens is 1. The van der Waals surface area contributed by atoms with E-state index in [-0.39, 0.29) is 5.69 Å². The fourth-order valence-corrected chi connectivity index (χ4v) is 2.40. The van der Waals surface area contributed by atoms with Gasteiger partial charge < -0.3 is 4.40 Å². The number of nitro groups is 1. The zero-order valence-electron chi connectivity index (χ0n) is 10.4. The Balaban J connectivity index is 2.16. The molecule has 0 aliphatic rings. The molecule has 1 aromatic carbocycles. The van der Waals surface area contributed by atoms with E-state index in [9.17, 15) is 10.1 Å². The van der Waals surface area contributed by atoms with E-state index in [4.69, 9.17) is 11.6 Å². The summed E-state index contributed by atoms with van der Waals surface area (Å²) in [7, 11) is 0. The molecule has 6 heteroatoms. The Kier molecular flexibility index (Phi) is 3.12. The predicted octanol–water partition coefficient (Wildman–Crippen LogP) is 3.65. The van der Waals surface area contributed by atoms with Crippen molar-refractivity contribution in [3.8, 4) is 11.3 Å². The van der Waals surface area contributed by atoms with Crippen LogP contribution >= 0.6 is 11.6 Å². The first-order chi connectivity index (χ1) is 9.70. The molecule has 2 aromatic heterocycles. The van der Waals surface area contributed by atoms with Crippen LogP contribution in [0, 0.1) is 10.1 Å². The molecule has 20 heavy (non-hydrogen) atoms. The fraction of sp³-hybridized carbons (Fsp3) is 0.0714. The van der Waals surface area contributed by atoms with Crippen LogP contribution in [0.4, 0.5) is 5.69 Å². The van der Waals surface area contributed by atoms with E-state index in [1.165, 1.54) is 12.1 Å². The predicted molar refractivity (Wildman–Crippen MR) is 76.8 cm³/mol. The number of hydrogen-bond acceptors (Lipinski definition) is 3. The first-order valence-electron chi connectivity index (χ1n) is 5.97.